The lowest BCUT2D eigenvalue weighted by Gasteiger charge is -2.24. The number of carbonyl (C=O) groups is 1. The Hall–Kier alpha value is -2.44. The van der Waals surface area contributed by atoms with Crippen LogP contribution in [-0.4, -0.2) is 36.2 Å². The van der Waals surface area contributed by atoms with E-state index in [2.05, 4.69) is 10.3 Å². The molecule has 1 fully saturated rings. The number of hydrogen-bond acceptors (Lipinski definition) is 5. The van der Waals surface area contributed by atoms with Crippen LogP contribution in [0.25, 0.3) is 11.0 Å². The maximum atomic E-state index is 12.1. The van der Waals surface area contributed by atoms with Crippen LogP contribution in [0.2, 0.25) is 0 Å². The van der Waals surface area contributed by atoms with Crippen molar-refractivity contribution < 1.29 is 14.3 Å². The van der Waals surface area contributed by atoms with E-state index >= 15 is 0 Å². The lowest BCUT2D eigenvalue weighted by Crippen LogP contribution is -2.38. The first kappa shape index (κ1) is 13.5. The van der Waals surface area contributed by atoms with Gasteiger partial charge in [-0.15, -0.1) is 0 Å². The Morgan fingerprint density at radius 3 is 2.71 bits per heavy atom. The highest BCUT2D eigenvalue weighted by Gasteiger charge is 2.27. The molecule has 112 valence electrons. The predicted molar refractivity (Wildman–Crippen MR) is 78.5 cm³/mol. The Morgan fingerprint density at radius 1 is 1.33 bits per heavy atom. The Labute approximate surface area is 122 Å². The molecule has 0 bridgehead atoms. The lowest BCUT2D eigenvalue weighted by molar-refractivity contribution is -0.125. The number of benzene rings is 1. The number of methoxy groups -OCH3 is 2. The van der Waals surface area contributed by atoms with Crippen molar-refractivity contribution in [2.24, 2.45) is 0 Å². The van der Waals surface area contributed by atoms with Crippen LogP contribution in [0.4, 0.5) is 5.95 Å². The number of amides is 1. The Kier molecular flexibility index (Phi) is 3.32. The fourth-order valence-corrected chi connectivity index (χ4v) is 2.77. The number of nitrogens with one attached hydrogen (secondary N) is 1. The lowest BCUT2D eigenvalue weighted by atomic mass is 10.1. The van der Waals surface area contributed by atoms with E-state index < -0.39 is 0 Å². The highest BCUT2D eigenvalue weighted by Crippen LogP contribution is 2.35. The number of nitrogens with two attached hydrogens (primary N) is 1. The number of carbonyl (C=O) groups excluding carboxylic acids is 1. The first-order valence-electron chi connectivity index (χ1n) is 6.83. The summed E-state index contributed by atoms with van der Waals surface area (Å²) in [6.45, 7) is 0.707. The molecular weight excluding hydrogens is 272 g/mol. The maximum Gasteiger partial charge on any atom is 0.243 e. The Balaban J connectivity index is 2.18. The normalized spacial score (nSPS) is 18.6. The summed E-state index contributed by atoms with van der Waals surface area (Å²) in [5.41, 5.74) is 7.47. The van der Waals surface area contributed by atoms with E-state index in [9.17, 15) is 4.79 Å². The van der Waals surface area contributed by atoms with Gasteiger partial charge in [0.25, 0.3) is 0 Å². The molecule has 0 radical (unpaired) electrons. The van der Waals surface area contributed by atoms with Gasteiger partial charge in [0.1, 0.15) is 6.04 Å². The highest BCUT2D eigenvalue weighted by atomic mass is 16.5. The van der Waals surface area contributed by atoms with Crippen molar-refractivity contribution in [2.45, 2.75) is 18.9 Å². The molecule has 1 aliphatic rings. The van der Waals surface area contributed by atoms with Crippen LogP contribution in [0.5, 0.6) is 11.5 Å². The molecule has 7 nitrogen and oxygen atoms in total. The zero-order chi connectivity index (χ0) is 15.0. The van der Waals surface area contributed by atoms with E-state index in [-0.39, 0.29) is 11.9 Å². The summed E-state index contributed by atoms with van der Waals surface area (Å²) in [6, 6.07) is 3.24. The van der Waals surface area contributed by atoms with Gasteiger partial charge in [-0.25, -0.2) is 4.98 Å². The second-order valence-electron chi connectivity index (χ2n) is 4.98. The van der Waals surface area contributed by atoms with Crippen LogP contribution in [0, 0.1) is 0 Å². The van der Waals surface area contributed by atoms with Gasteiger partial charge in [-0.2, -0.15) is 0 Å². The van der Waals surface area contributed by atoms with Crippen molar-refractivity contribution in [1.82, 2.24) is 14.9 Å². The standard InChI is InChI=1S/C14H18N4O3/c1-20-11-6-8-10(7-12(11)21-2)18(14(15)17-8)9-4-3-5-16-13(9)19/h6-7,9H,3-5H2,1-2H3,(H2,15,17)(H,16,19). The summed E-state index contributed by atoms with van der Waals surface area (Å²) in [4.78, 5) is 16.4. The molecule has 1 unspecified atom stereocenters. The minimum Gasteiger partial charge on any atom is -0.493 e. The molecule has 0 saturated carbocycles. The predicted octanol–water partition coefficient (Wildman–Crippen LogP) is 1.09. The van der Waals surface area contributed by atoms with Crippen LogP contribution in [-0.2, 0) is 4.79 Å². The van der Waals surface area contributed by atoms with Gasteiger partial charge in [-0.3, -0.25) is 9.36 Å². The van der Waals surface area contributed by atoms with Crippen molar-refractivity contribution in [3.05, 3.63) is 12.1 Å². The van der Waals surface area contributed by atoms with Gasteiger partial charge >= 0.3 is 0 Å². The minimum absolute atomic E-state index is 0.0259. The number of anilines is 1. The van der Waals surface area contributed by atoms with Crippen molar-refractivity contribution >= 4 is 22.9 Å². The zero-order valence-corrected chi connectivity index (χ0v) is 12.0. The number of piperidine rings is 1. The van der Waals surface area contributed by atoms with E-state index in [1.165, 1.54) is 0 Å². The third-order valence-electron chi connectivity index (χ3n) is 3.79. The number of nitrogen functional groups attached to an aromatic ring is 1. The first-order valence-corrected chi connectivity index (χ1v) is 6.83. The molecule has 7 heteroatoms. The van der Waals surface area contributed by atoms with E-state index in [1.807, 2.05) is 0 Å². The van der Waals surface area contributed by atoms with Crippen molar-refractivity contribution in [3.8, 4) is 11.5 Å². The van der Waals surface area contributed by atoms with Crippen LogP contribution >= 0.6 is 0 Å². The van der Waals surface area contributed by atoms with E-state index in [4.69, 9.17) is 15.2 Å². The monoisotopic (exact) mass is 290 g/mol. The Bertz CT molecular complexity index is 695. The van der Waals surface area contributed by atoms with Gasteiger partial charge in [-0.05, 0) is 12.8 Å². The molecule has 2 heterocycles. The van der Waals surface area contributed by atoms with E-state index in [0.717, 1.165) is 18.4 Å². The van der Waals surface area contributed by atoms with Crippen molar-refractivity contribution in [3.63, 3.8) is 0 Å². The van der Waals surface area contributed by atoms with Crippen molar-refractivity contribution in [1.29, 1.82) is 0 Å². The molecule has 3 rings (SSSR count). The largest absolute Gasteiger partial charge is 0.493 e. The molecule has 1 saturated heterocycles. The van der Waals surface area contributed by atoms with Gasteiger partial charge in [0.05, 0.1) is 25.3 Å². The fraction of sp³-hybridized carbons (Fsp3) is 0.429. The third kappa shape index (κ3) is 2.14. The average molecular weight is 290 g/mol. The molecule has 3 N–H and O–H groups in total. The SMILES string of the molecule is COc1cc2nc(N)n(C3CCCNC3=O)c2cc1OC. The summed E-state index contributed by atoms with van der Waals surface area (Å²) < 4.78 is 12.4. The van der Waals surface area contributed by atoms with Crippen LogP contribution in [0.3, 0.4) is 0 Å². The number of ether oxygens (including phenoxy) is 2. The third-order valence-corrected chi connectivity index (χ3v) is 3.79. The van der Waals surface area contributed by atoms with E-state index in [0.29, 0.717) is 29.5 Å². The first-order chi connectivity index (χ1) is 10.2. The average Bonchev–Trinajstić information content (AvgIpc) is 2.81. The molecule has 1 aliphatic heterocycles. The Morgan fingerprint density at radius 2 is 2.05 bits per heavy atom. The van der Waals surface area contributed by atoms with Gasteiger partial charge < -0.3 is 20.5 Å². The van der Waals surface area contributed by atoms with Crippen LogP contribution < -0.4 is 20.5 Å². The summed E-state index contributed by atoms with van der Waals surface area (Å²) >= 11 is 0. The van der Waals surface area contributed by atoms with Crippen LogP contribution in [0.1, 0.15) is 18.9 Å². The van der Waals surface area contributed by atoms with E-state index in [1.54, 1.807) is 30.9 Å². The maximum absolute atomic E-state index is 12.1. The second-order valence-corrected chi connectivity index (χ2v) is 4.98. The van der Waals surface area contributed by atoms with Crippen LogP contribution in [0.15, 0.2) is 12.1 Å². The summed E-state index contributed by atoms with van der Waals surface area (Å²) in [5, 5.41) is 2.86. The number of fused-ring (bicyclic) bond motifs is 1. The summed E-state index contributed by atoms with van der Waals surface area (Å²) in [5.74, 6) is 1.47. The molecule has 21 heavy (non-hydrogen) atoms. The number of aromatic nitrogens is 2. The topological polar surface area (TPSA) is 91.4 Å². The number of imidazole rings is 1. The summed E-state index contributed by atoms with van der Waals surface area (Å²) in [6.07, 6.45) is 1.67. The zero-order valence-electron chi connectivity index (χ0n) is 12.0. The van der Waals surface area contributed by atoms with Crippen molar-refractivity contribution in [2.75, 3.05) is 26.5 Å². The molecule has 0 aliphatic carbocycles. The number of hydrogen-bond donors (Lipinski definition) is 2. The van der Waals surface area contributed by atoms with Gasteiger partial charge in [0, 0.05) is 18.7 Å². The quantitative estimate of drug-likeness (QED) is 0.883. The molecule has 2 aromatic rings. The number of nitrogens with zero attached hydrogens (tertiary/aromatic N) is 2. The number of rotatable bonds is 3. The minimum atomic E-state index is -0.332. The molecule has 0 spiro atoms. The fourth-order valence-electron chi connectivity index (χ4n) is 2.77. The van der Waals surface area contributed by atoms with Gasteiger partial charge in [0.2, 0.25) is 11.9 Å². The second kappa shape index (κ2) is 5.16. The smallest absolute Gasteiger partial charge is 0.243 e. The molecular formula is C14H18N4O3. The molecule has 1 amide bonds. The highest BCUT2D eigenvalue weighted by molar-refractivity contribution is 5.87. The van der Waals surface area contributed by atoms with Gasteiger partial charge in [-0.1, -0.05) is 0 Å². The van der Waals surface area contributed by atoms with Gasteiger partial charge in [0.15, 0.2) is 11.5 Å². The molecule has 1 aromatic heterocycles. The molecule has 1 aromatic carbocycles. The molecule has 1 atom stereocenters. The summed E-state index contributed by atoms with van der Waals surface area (Å²) in [7, 11) is 3.14.